The first-order valence-corrected chi connectivity index (χ1v) is 15.2. The van der Waals surface area contributed by atoms with Gasteiger partial charge < -0.3 is 24.6 Å². The van der Waals surface area contributed by atoms with Gasteiger partial charge in [-0.2, -0.15) is 0 Å². The van der Waals surface area contributed by atoms with Gasteiger partial charge in [0.25, 0.3) is 0 Å². The molecule has 7 heteroatoms. The average molecular weight is 566 g/mol. The molecule has 0 radical (unpaired) electrons. The number of carbonyl (C=O) groups excluding carboxylic acids is 2. The van der Waals surface area contributed by atoms with Gasteiger partial charge in [0.15, 0.2) is 0 Å². The van der Waals surface area contributed by atoms with E-state index in [4.69, 9.17) is 9.47 Å². The van der Waals surface area contributed by atoms with Crippen molar-refractivity contribution in [2.75, 3.05) is 24.5 Å². The van der Waals surface area contributed by atoms with Crippen molar-refractivity contribution < 1.29 is 19.1 Å². The number of rotatable bonds is 12. The molecule has 1 N–H and O–H groups in total. The van der Waals surface area contributed by atoms with E-state index >= 15 is 0 Å². The second kappa shape index (κ2) is 15.1. The summed E-state index contributed by atoms with van der Waals surface area (Å²) in [6.45, 7) is 17.0. The van der Waals surface area contributed by atoms with Gasteiger partial charge in [-0.1, -0.05) is 58.0 Å². The number of ether oxygens (including phenoxy) is 2. The zero-order valence-corrected chi connectivity index (χ0v) is 26.2. The van der Waals surface area contributed by atoms with E-state index in [0.29, 0.717) is 38.1 Å². The topological polar surface area (TPSA) is 71.1 Å². The molecular weight excluding hydrogens is 514 g/mol. The molecular formula is C34H51N3O4. The van der Waals surface area contributed by atoms with E-state index in [9.17, 15) is 9.59 Å². The van der Waals surface area contributed by atoms with Gasteiger partial charge in [0.1, 0.15) is 24.0 Å². The van der Waals surface area contributed by atoms with Crippen LogP contribution in [0.1, 0.15) is 79.7 Å². The molecule has 0 aromatic heterocycles. The molecule has 3 rings (SSSR count). The molecule has 226 valence electrons. The zero-order valence-electron chi connectivity index (χ0n) is 26.2. The maximum absolute atomic E-state index is 13.5. The molecule has 0 saturated carbocycles. The molecule has 0 bridgehead atoms. The van der Waals surface area contributed by atoms with E-state index in [0.717, 1.165) is 37.1 Å². The molecule has 0 spiro atoms. The van der Waals surface area contributed by atoms with Gasteiger partial charge >= 0.3 is 6.09 Å². The molecule has 2 aromatic rings. The first kappa shape index (κ1) is 32.3. The third-order valence-electron chi connectivity index (χ3n) is 7.28. The van der Waals surface area contributed by atoms with E-state index in [2.05, 4.69) is 74.3 Å². The van der Waals surface area contributed by atoms with Gasteiger partial charge in [-0.25, -0.2) is 4.79 Å². The lowest BCUT2D eigenvalue weighted by Gasteiger charge is -2.41. The number of carbonyl (C=O) groups is 2. The zero-order chi connectivity index (χ0) is 30.0. The molecule has 1 aliphatic heterocycles. The van der Waals surface area contributed by atoms with Crippen LogP contribution in [0, 0.1) is 11.8 Å². The molecule has 2 amide bonds. The summed E-state index contributed by atoms with van der Waals surface area (Å²) in [5.41, 5.74) is 1.72. The van der Waals surface area contributed by atoms with Crippen molar-refractivity contribution in [3.05, 3.63) is 60.2 Å². The molecule has 1 unspecified atom stereocenters. The number of hydrogen-bond donors (Lipinski definition) is 1. The van der Waals surface area contributed by atoms with Crippen molar-refractivity contribution in [2.24, 2.45) is 11.8 Å². The van der Waals surface area contributed by atoms with Crippen LogP contribution in [-0.2, 0) is 16.1 Å². The van der Waals surface area contributed by atoms with E-state index in [1.807, 2.05) is 43.9 Å². The minimum Gasteiger partial charge on any atom is -0.489 e. The summed E-state index contributed by atoms with van der Waals surface area (Å²) >= 11 is 0. The quantitative estimate of drug-likeness (QED) is 0.299. The lowest BCUT2D eigenvalue weighted by atomic mass is 9.98. The normalized spacial score (nSPS) is 15.1. The van der Waals surface area contributed by atoms with Gasteiger partial charge in [-0.3, -0.25) is 4.79 Å². The Hall–Kier alpha value is -3.22. The van der Waals surface area contributed by atoms with Crippen LogP contribution in [0.4, 0.5) is 10.5 Å². The second-order valence-corrected chi connectivity index (χ2v) is 13.0. The lowest BCUT2D eigenvalue weighted by molar-refractivity contribution is -0.135. The minimum atomic E-state index is -0.612. The van der Waals surface area contributed by atoms with Gasteiger partial charge in [0.2, 0.25) is 5.91 Å². The Morgan fingerprint density at radius 3 is 2.15 bits per heavy atom. The smallest absolute Gasteiger partial charge is 0.408 e. The van der Waals surface area contributed by atoms with Crippen molar-refractivity contribution in [3.8, 4) is 5.75 Å². The predicted molar refractivity (Wildman–Crippen MR) is 166 cm³/mol. The number of benzene rings is 2. The van der Waals surface area contributed by atoms with Crippen LogP contribution in [0.5, 0.6) is 5.75 Å². The molecule has 1 atom stereocenters. The maximum atomic E-state index is 13.5. The highest BCUT2D eigenvalue weighted by Crippen LogP contribution is 2.28. The Kier molecular flexibility index (Phi) is 11.9. The van der Waals surface area contributed by atoms with Crippen LogP contribution in [0.15, 0.2) is 54.6 Å². The van der Waals surface area contributed by atoms with Crippen molar-refractivity contribution in [1.82, 2.24) is 10.2 Å². The summed E-state index contributed by atoms with van der Waals surface area (Å²) in [7, 11) is 0. The molecule has 1 fully saturated rings. The summed E-state index contributed by atoms with van der Waals surface area (Å²) < 4.78 is 11.5. The fraction of sp³-hybridized carbons (Fsp3) is 0.588. The molecule has 1 saturated heterocycles. The molecule has 1 aliphatic rings. The molecule has 2 aromatic carbocycles. The minimum absolute atomic E-state index is 0.0170. The summed E-state index contributed by atoms with van der Waals surface area (Å²) in [5, 5.41) is 2.85. The number of alkyl carbamates (subject to hydrolysis) is 1. The number of amides is 2. The number of piperidine rings is 1. The first-order valence-electron chi connectivity index (χ1n) is 15.2. The highest BCUT2D eigenvalue weighted by atomic mass is 16.6. The summed E-state index contributed by atoms with van der Waals surface area (Å²) in [4.78, 5) is 30.4. The molecule has 1 heterocycles. The van der Waals surface area contributed by atoms with Crippen molar-refractivity contribution in [2.45, 2.75) is 98.4 Å². The Labute approximate surface area is 247 Å². The van der Waals surface area contributed by atoms with Gasteiger partial charge in [0.05, 0.1) is 0 Å². The van der Waals surface area contributed by atoms with Gasteiger partial charge in [-0.15, -0.1) is 0 Å². The lowest BCUT2D eigenvalue weighted by Crippen LogP contribution is -2.54. The van der Waals surface area contributed by atoms with Crippen molar-refractivity contribution >= 4 is 17.7 Å². The third kappa shape index (κ3) is 10.9. The SMILES string of the molecule is CC(C)CCN(c1ccc(OCc2ccccc2)cc1)C1CCN(C(=O)C(CC(C)C)NC(=O)OC(C)(C)C)CC1. The van der Waals surface area contributed by atoms with E-state index in [1.165, 1.54) is 5.69 Å². The number of likely N-dealkylation sites (tertiary alicyclic amines) is 1. The molecule has 41 heavy (non-hydrogen) atoms. The van der Waals surface area contributed by atoms with Crippen LogP contribution in [0.2, 0.25) is 0 Å². The summed E-state index contributed by atoms with van der Waals surface area (Å²) in [6.07, 6.45) is 2.91. The number of nitrogens with zero attached hydrogens (tertiary/aromatic N) is 2. The average Bonchev–Trinajstić information content (AvgIpc) is 2.91. The first-order chi connectivity index (χ1) is 19.4. The molecule has 7 nitrogen and oxygen atoms in total. The number of nitrogens with one attached hydrogen (secondary N) is 1. The second-order valence-electron chi connectivity index (χ2n) is 13.0. The Morgan fingerprint density at radius 1 is 0.951 bits per heavy atom. The van der Waals surface area contributed by atoms with E-state index in [1.54, 1.807) is 0 Å². The summed E-state index contributed by atoms with van der Waals surface area (Å²) in [6, 6.07) is 18.4. The van der Waals surface area contributed by atoms with Crippen LogP contribution in [-0.4, -0.2) is 54.2 Å². The van der Waals surface area contributed by atoms with Crippen LogP contribution in [0.25, 0.3) is 0 Å². The van der Waals surface area contributed by atoms with E-state index < -0.39 is 17.7 Å². The van der Waals surface area contributed by atoms with Crippen LogP contribution in [0.3, 0.4) is 0 Å². The standard InChI is InChI=1S/C34H51N3O4/c1-25(2)17-22-37(28-13-15-30(16-14-28)40-24-27-11-9-8-10-12-27)29-18-20-36(21-19-29)32(38)31(23-26(3)4)35-33(39)41-34(5,6)7/h8-16,25-26,29,31H,17-24H2,1-7H3,(H,35,39). The van der Waals surface area contributed by atoms with Crippen molar-refractivity contribution in [3.63, 3.8) is 0 Å². The Balaban J connectivity index is 1.63. The fourth-order valence-electron chi connectivity index (χ4n) is 5.16. The highest BCUT2D eigenvalue weighted by molar-refractivity contribution is 5.85. The van der Waals surface area contributed by atoms with E-state index in [-0.39, 0.29) is 11.8 Å². The fourth-order valence-corrected chi connectivity index (χ4v) is 5.16. The van der Waals surface area contributed by atoms with Crippen LogP contribution < -0.4 is 15.0 Å². The number of hydrogen-bond acceptors (Lipinski definition) is 5. The van der Waals surface area contributed by atoms with Crippen molar-refractivity contribution in [1.29, 1.82) is 0 Å². The number of anilines is 1. The monoisotopic (exact) mass is 565 g/mol. The largest absolute Gasteiger partial charge is 0.489 e. The summed E-state index contributed by atoms with van der Waals surface area (Å²) in [5.74, 6) is 1.71. The Morgan fingerprint density at radius 2 is 1.59 bits per heavy atom. The molecule has 0 aliphatic carbocycles. The third-order valence-corrected chi connectivity index (χ3v) is 7.28. The van der Waals surface area contributed by atoms with Crippen LogP contribution >= 0.6 is 0 Å². The van der Waals surface area contributed by atoms with Gasteiger partial charge in [0, 0.05) is 31.4 Å². The highest BCUT2D eigenvalue weighted by Gasteiger charge is 2.32. The predicted octanol–water partition coefficient (Wildman–Crippen LogP) is 7.05. The Bertz CT molecular complexity index is 1070. The van der Waals surface area contributed by atoms with Gasteiger partial charge in [-0.05, 0) is 88.1 Å². The maximum Gasteiger partial charge on any atom is 0.408 e.